The number of nitrogens with zero attached hydrogens (tertiary/aromatic N) is 1. The minimum Gasteiger partial charge on any atom is -0.465 e. The molecule has 4 nitrogen and oxygen atoms in total. The van der Waals surface area contributed by atoms with E-state index in [1.165, 1.54) is 0 Å². The van der Waals surface area contributed by atoms with E-state index < -0.39 is 6.23 Å². The van der Waals surface area contributed by atoms with Crippen molar-refractivity contribution < 1.29 is 14.6 Å². The zero-order valence-electron chi connectivity index (χ0n) is 8.19. The Bertz CT molecular complexity index is 182. The predicted molar refractivity (Wildman–Crippen MR) is 48.0 cm³/mol. The van der Waals surface area contributed by atoms with Gasteiger partial charge in [-0.25, -0.2) is 0 Å². The summed E-state index contributed by atoms with van der Waals surface area (Å²) in [5, 5.41) is 9.36. The maximum Gasteiger partial charge on any atom is 0.323 e. The molecule has 1 aliphatic heterocycles. The molecule has 2 atom stereocenters. The van der Waals surface area contributed by atoms with E-state index >= 15 is 0 Å². The van der Waals surface area contributed by atoms with Gasteiger partial charge in [-0.15, -0.1) is 0 Å². The molecule has 0 aromatic heterocycles. The van der Waals surface area contributed by atoms with E-state index in [1.54, 1.807) is 18.7 Å². The van der Waals surface area contributed by atoms with Gasteiger partial charge in [-0.05, 0) is 26.7 Å². The van der Waals surface area contributed by atoms with E-state index in [2.05, 4.69) is 0 Å². The Morgan fingerprint density at radius 1 is 1.77 bits per heavy atom. The van der Waals surface area contributed by atoms with Crippen molar-refractivity contribution in [3.63, 3.8) is 0 Å². The molecule has 0 spiro atoms. The van der Waals surface area contributed by atoms with Crippen molar-refractivity contribution in [3.8, 4) is 0 Å². The Morgan fingerprint density at radius 2 is 2.46 bits per heavy atom. The summed E-state index contributed by atoms with van der Waals surface area (Å²) in [6.07, 6.45) is 1.19. The monoisotopic (exact) mass is 187 g/mol. The number of rotatable bonds is 3. The van der Waals surface area contributed by atoms with Crippen molar-refractivity contribution in [1.29, 1.82) is 0 Å². The predicted octanol–water partition coefficient (Wildman–Crippen LogP) is 0.352. The molecule has 4 heteroatoms. The standard InChI is InChI=1S/C9H17NO3/c1-3-13-9(12)8-5-4-6-10(8)7(2)11/h7-8,11H,3-6H2,1-2H3. The van der Waals surface area contributed by atoms with Crippen LogP contribution in [0.3, 0.4) is 0 Å². The number of aliphatic hydroxyl groups excluding tert-OH is 1. The SMILES string of the molecule is CCOC(=O)C1CCCN1C(C)O. The van der Waals surface area contributed by atoms with Crippen molar-refractivity contribution in [3.05, 3.63) is 0 Å². The molecule has 0 aromatic carbocycles. The summed E-state index contributed by atoms with van der Waals surface area (Å²) in [6.45, 7) is 4.65. The molecule has 0 saturated carbocycles. The molecule has 76 valence electrons. The first kappa shape index (κ1) is 10.5. The summed E-state index contributed by atoms with van der Waals surface area (Å²) in [4.78, 5) is 13.2. The van der Waals surface area contributed by atoms with E-state index in [0.717, 1.165) is 19.4 Å². The van der Waals surface area contributed by atoms with Crippen LogP contribution in [0.25, 0.3) is 0 Å². The van der Waals surface area contributed by atoms with Crippen LogP contribution in [0.2, 0.25) is 0 Å². The normalized spacial score (nSPS) is 25.9. The van der Waals surface area contributed by atoms with Crippen LogP contribution in [0, 0.1) is 0 Å². The van der Waals surface area contributed by atoms with Gasteiger partial charge in [-0.3, -0.25) is 9.69 Å². The average molecular weight is 187 g/mol. The quantitative estimate of drug-likeness (QED) is 0.648. The van der Waals surface area contributed by atoms with Gasteiger partial charge in [-0.1, -0.05) is 0 Å². The first-order valence-electron chi connectivity index (χ1n) is 4.77. The Balaban J connectivity index is 2.52. The maximum atomic E-state index is 11.4. The lowest BCUT2D eigenvalue weighted by molar-refractivity contribution is -0.151. The number of likely N-dealkylation sites (tertiary alicyclic amines) is 1. The van der Waals surface area contributed by atoms with E-state index in [-0.39, 0.29) is 12.0 Å². The number of esters is 1. The van der Waals surface area contributed by atoms with Crippen LogP contribution < -0.4 is 0 Å². The lowest BCUT2D eigenvalue weighted by atomic mass is 10.2. The van der Waals surface area contributed by atoms with E-state index in [1.807, 2.05) is 0 Å². The third-order valence-corrected chi connectivity index (χ3v) is 2.33. The molecule has 0 aromatic rings. The summed E-state index contributed by atoms with van der Waals surface area (Å²) >= 11 is 0. The van der Waals surface area contributed by atoms with Crippen LogP contribution in [0.4, 0.5) is 0 Å². The molecule has 0 aliphatic carbocycles. The number of ether oxygens (including phenoxy) is 1. The fraction of sp³-hybridized carbons (Fsp3) is 0.889. The lowest BCUT2D eigenvalue weighted by Crippen LogP contribution is -2.42. The molecular formula is C9H17NO3. The summed E-state index contributed by atoms with van der Waals surface area (Å²) in [5.74, 6) is -0.207. The molecule has 0 radical (unpaired) electrons. The third-order valence-electron chi connectivity index (χ3n) is 2.33. The molecule has 1 N–H and O–H groups in total. The fourth-order valence-electron chi connectivity index (χ4n) is 1.73. The number of carbonyl (C=O) groups excluding carboxylic acids is 1. The third kappa shape index (κ3) is 2.42. The smallest absolute Gasteiger partial charge is 0.323 e. The van der Waals surface area contributed by atoms with Gasteiger partial charge in [0.1, 0.15) is 12.3 Å². The van der Waals surface area contributed by atoms with Crippen LogP contribution in [0.1, 0.15) is 26.7 Å². The van der Waals surface area contributed by atoms with Gasteiger partial charge in [0.2, 0.25) is 0 Å². The van der Waals surface area contributed by atoms with Crippen LogP contribution in [-0.4, -0.2) is 41.4 Å². The Morgan fingerprint density at radius 3 is 3.00 bits per heavy atom. The zero-order valence-corrected chi connectivity index (χ0v) is 8.19. The molecule has 1 heterocycles. The summed E-state index contributed by atoms with van der Waals surface area (Å²) < 4.78 is 4.91. The lowest BCUT2D eigenvalue weighted by Gasteiger charge is -2.25. The summed E-state index contributed by atoms with van der Waals surface area (Å²) in [7, 11) is 0. The molecule has 1 aliphatic rings. The molecular weight excluding hydrogens is 170 g/mol. The molecule has 0 bridgehead atoms. The second-order valence-corrected chi connectivity index (χ2v) is 3.28. The van der Waals surface area contributed by atoms with Crippen molar-refractivity contribution in [2.45, 2.75) is 39.0 Å². The summed E-state index contributed by atoms with van der Waals surface area (Å²) in [5.41, 5.74) is 0. The van der Waals surface area contributed by atoms with Crippen molar-refractivity contribution in [1.82, 2.24) is 4.90 Å². The largest absolute Gasteiger partial charge is 0.465 e. The van der Waals surface area contributed by atoms with Crippen molar-refractivity contribution in [2.24, 2.45) is 0 Å². The summed E-state index contributed by atoms with van der Waals surface area (Å²) in [6, 6.07) is -0.236. The van der Waals surface area contributed by atoms with Crippen LogP contribution in [-0.2, 0) is 9.53 Å². The maximum absolute atomic E-state index is 11.4. The Kier molecular flexibility index (Phi) is 3.69. The minimum atomic E-state index is -0.558. The zero-order chi connectivity index (χ0) is 9.84. The van der Waals surface area contributed by atoms with Gasteiger partial charge < -0.3 is 9.84 Å². The number of aliphatic hydroxyl groups is 1. The highest BCUT2D eigenvalue weighted by Crippen LogP contribution is 2.19. The van der Waals surface area contributed by atoms with Crippen LogP contribution in [0.15, 0.2) is 0 Å². The highest BCUT2D eigenvalue weighted by Gasteiger charge is 2.33. The van der Waals surface area contributed by atoms with Gasteiger partial charge in [0.15, 0.2) is 0 Å². The van der Waals surface area contributed by atoms with Gasteiger partial charge in [0.25, 0.3) is 0 Å². The average Bonchev–Trinajstić information content (AvgIpc) is 2.52. The van der Waals surface area contributed by atoms with Crippen molar-refractivity contribution >= 4 is 5.97 Å². The van der Waals surface area contributed by atoms with Gasteiger partial charge in [0, 0.05) is 6.54 Å². The topological polar surface area (TPSA) is 49.8 Å². The van der Waals surface area contributed by atoms with Crippen molar-refractivity contribution in [2.75, 3.05) is 13.2 Å². The minimum absolute atomic E-state index is 0.207. The van der Waals surface area contributed by atoms with E-state index in [0.29, 0.717) is 6.61 Å². The fourth-order valence-corrected chi connectivity index (χ4v) is 1.73. The first-order chi connectivity index (χ1) is 6.16. The van der Waals surface area contributed by atoms with E-state index in [4.69, 9.17) is 4.74 Å². The second-order valence-electron chi connectivity index (χ2n) is 3.28. The molecule has 1 saturated heterocycles. The number of hydrogen-bond donors (Lipinski definition) is 1. The second kappa shape index (κ2) is 4.58. The van der Waals surface area contributed by atoms with Crippen LogP contribution in [0.5, 0.6) is 0 Å². The molecule has 1 rings (SSSR count). The van der Waals surface area contributed by atoms with Gasteiger partial charge >= 0.3 is 5.97 Å². The number of hydrogen-bond acceptors (Lipinski definition) is 4. The Hall–Kier alpha value is -0.610. The van der Waals surface area contributed by atoms with Gasteiger partial charge in [0.05, 0.1) is 6.61 Å². The molecule has 0 amide bonds. The van der Waals surface area contributed by atoms with E-state index in [9.17, 15) is 9.90 Å². The molecule has 1 fully saturated rings. The molecule has 2 unspecified atom stereocenters. The number of carbonyl (C=O) groups is 1. The Labute approximate surface area is 78.5 Å². The highest BCUT2D eigenvalue weighted by atomic mass is 16.5. The van der Waals surface area contributed by atoms with Gasteiger partial charge in [-0.2, -0.15) is 0 Å². The first-order valence-corrected chi connectivity index (χ1v) is 4.77. The van der Waals surface area contributed by atoms with Crippen LogP contribution >= 0.6 is 0 Å². The molecule has 13 heavy (non-hydrogen) atoms. The highest BCUT2D eigenvalue weighted by molar-refractivity contribution is 5.76.